The first-order valence-electron chi connectivity index (χ1n) is 11.4. The first-order valence-corrected chi connectivity index (χ1v) is 11.8. The van der Waals surface area contributed by atoms with Crippen LogP contribution in [-0.4, -0.2) is 51.3 Å². The summed E-state index contributed by atoms with van der Waals surface area (Å²) in [6.07, 6.45) is 8.39. The van der Waals surface area contributed by atoms with Gasteiger partial charge < -0.3 is 14.0 Å². The van der Waals surface area contributed by atoms with Crippen molar-refractivity contribution >= 4 is 11.6 Å². The molecular weight excluding hydrogens is 424 g/mol. The van der Waals surface area contributed by atoms with Crippen molar-refractivity contribution in [1.82, 2.24) is 19.4 Å². The molecule has 2 aliphatic heterocycles. The van der Waals surface area contributed by atoms with Gasteiger partial charge in [-0.2, -0.15) is 0 Å². The Kier molecular flexibility index (Phi) is 6.72. The molecule has 0 radical (unpaired) electrons. The van der Waals surface area contributed by atoms with E-state index in [-0.39, 0.29) is 6.10 Å². The molecule has 0 aliphatic carbocycles. The molecule has 2 aliphatic rings. The molecule has 2 saturated heterocycles. The molecule has 6 nitrogen and oxygen atoms in total. The average Bonchev–Trinajstić information content (AvgIpc) is 3.19. The topological polar surface area (TPSA) is 52.4 Å². The van der Waals surface area contributed by atoms with Crippen molar-refractivity contribution < 1.29 is 9.47 Å². The van der Waals surface area contributed by atoms with E-state index in [0.717, 1.165) is 80.6 Å². The number of pyridine rings is 1. The number of nitrogens with zero attached hydrogens (tertiary/aromatic N) is 4. The highest BCUT2D eigenvalue weighted by atomic mass is 35.5. The highest BCUT2D eigenvalue weighted by Gasteiger charge is 2.24. The number of rotatable bonds is 8. The minimum absolute atomic E-state index is 0.197. The summed E-state index contributed by atoms with van der Waals surface area (Å²) in [6.45, 7) is 4.67. The van der Waals surface area contributed by atoms with Gasteiger partial charge in [0.05, 0.1) is 19.2 Å². The van der Waals surface area contributed by atoms with Crippen molar-refractivity contribution in [1.29, 1.82) is 0 Å². The number of imidazole rings is 1. The standard InChI is InChI=1S/C25H29ClN4O2/c26-20-4-1-3-19(15-20)16-21-5-2-6-25(28-21)32-22-7-11-29(12-8-22)18-24-27-10-13-30(24)17-23-9-14-31-23/h1-6,10,13,15,22-23H,7-9,11-12,14,16-18H2/t23-/m0/s1. The molecule has 0 amide bonds. The van der Waals surface area contributed by atoms with Crippen LogP contribution in [0.3, 0.4) is 0 Å². The average molecular weight is 453 g/mol. The third kappa shape index (κ3) is 5.49. The Hall–Kier alpha value is -2.41. The fourth-order valence-corrected chi connectivity index (χ4v) is 4.55. The van der Waals surface area contributed by atoms with E-state index in [1.165, 1.54) is 0 Å². The van der Waals surface area contributed by atoms with Gasteiger partial charge in [0.25, 0.3) is 0 Å². The molecule has 7 heteroatoms. The van der Waals surface area contributed by atoms with Crippen molar-refractivity contribution in [2.24, 2.45) is 0 Å². The van der Waals surface area contributed by atoms with E-state index in [9.17, 15) is 0 Å². The molecule has 1 aromatic carbocycles. The minimum atomic E-state index is 0.197. The first kappa shape index (κ1) is 21.4. The normalized spacial score (nSPS) is 19.6. The fraction of sp³-hybridized carbons (Fsp3) is 0.440. The lowest BCUT2D eigenvalue weighted by Crippen LogP contribution is -2.39. The smallest absolute Gasteiger partial charge is 0.213 e. The van der Waals surface area contributed by atoms with E-state index in [1.54, 1.807) is 0 Å². The summed E-state index contributed by atoms with van der Waals surface area (Å²) in [7, 11) is 0. The summed E-state index contributed by atoms with van der Waals surface area (Å²) in [4.78, 5) is 11.8. The fourth-order valence-electron chi connectivity index (χ4n) is 4.34. The van der Waals surface area contributed by atoms with Crippen LogP contribution in [0, 0.1) is 0 Å². The number of piperidine rings is 1. The molecule has 2 fully saturated rings. The number of hydrogen-bond acceptors (Lipinski definition) is 5. The van der Waals surface area contributed by atoms with E-state index < -0.39 is 0 Å². The summed E-state index contributed by atoms with van der Waals surface area (Å²) in [6, 6.07) is 13.9. The summed E-state index contributed by atoms with van der Waals surface area (Å²) in [5.74, 6) is 1.83. The molecule has 2 aromatic heterocycles. The number of hydrogen-bond donors (Lipinski definition) is 0. The molecule has 0 N–H and O–H groups in total. The van der Waals surface area contributed by atoms with Crippen LogP contribution in [0.5, 0.6) is 5.88 Å². The SMILES string of the molecule is Clc1cccc(Cc2cccc(OC3CCN(Cc4nccn4C[C@@H]4CCO4)CC3)n2)c1. The van der Waals surface area contributed by atoms with Gasteiger partial charge in [-0.15, -0.1) is 0 Å². The largest absolute Gasteiger partial charge is 0.474 e. The lowest BCUT2D eigenvalue weighted by molar-refractivity contribution is -0.0598. The Balaban J connectivity index is 1.12. The zero-order chi connectivity index (χ0) is 21.8. The lowest BCUT2D eigenvalue weighted by Gasteiger charge is -2.32. The summed E-state index contributed by atoms with van der Waals surface area (Å²) in [5, 5.41) is 0.750. The van der Waals surface area contributed by atoms with Crippen LogP contribution in [0.4, 0.5) is 0 Å². The van der Waals surface area contributed by atoms with E-state index in [1.807, 2.05) is 42.6 Å². The van der Waals surface area contributed by atoms with Crippen molar-refractivity contribution in [3.63, 3.8) is 0 Å². The van der Waals surface area contributed by atoms with Gasteiger partial charge in [-0.25, -0.2) is 9.97 Å². The second-order valence-corrected chi connectivity index (χ2v) is 9.08. The van der Waals surface area contributed by atoms with Gasteiger partial charge in [0.1, 0.15) is 11.9 Å². The Morgan fingerprint density at radius 1 is 1.09 bits per heavy atom. The summed E-state index contributed by atoms with van der Waals surface area (Å²) >= 11 is 6.11. The van der Waals surface area contributed by atoms with Crippen LogP contribution in [0.1, 0.15) is 36.3 Å². The van der Waals surface area contributed by atoms with Crippen LogP contribution < -0.4 is 4.74 Å². The number of ether oxygens (including phenoxy) is 2. The van der Waals surface area contributed by atoms with E-state index in [0.29, 0.717) is 12.0 Å². The molecule has 168 valence electrons. The van der Waals surface area contributed by atoms with Crippen LogP contribution in [0.25, 0.3) is 0 Å². The van der Waals surface area contributed by atoms with Crippen molar-refractivity contribution in [3.8, 4) is 5.88 Å². The highest BCUT2D eigenvalue weighted by Crippen LogP contribution is 2.21. The van der Waals surface area contributed by atoms with Crippen LogP contribution >= 0.6 is 11.6 Å². The van der Waals surface area contributed by atoms with Crippen LogP contribution in [0.15, 0.2) is 54.9 Å². The van der Waals surface area contributed by atoms with E-state index in [4.69, 9.17) is 26.1 Å². The molecule has 4 heterocycles. The predicted octanol–water partition coefficient (Wildman–Crippen LogP) is 4.35. The Morgan fingerprint density at radius 2 is 1.94 bits per heavy atom. The maximum absolute atomic E-state index is 6.24. The van der Waals surface area contributed by atoms with Crippen molar-refractivity contribution in [3.05, 3.63) is 77.0 Å². The minimum Gasteiger partial charge on any atom is -0.474 e. The Labute approximate surface area is 194 Å². The monoisotopic (exact) mass is 452 g/mol. The third-order valence-electron chi connectivity index (χ3n) is 6.24. The molecule has 0 saturated carbocycles. The first-order chi connectivity index (χ1) is 15.7. The predicted molar refractivity (Wildman–Crippen MR) is 124 cm³/mol. The number of halogens is 1. The maximum atomic E-state index is 6.24. The third-order valence-corrected chi connectivity index (χ3v) is 6.47. The van der Waals surface area contributed by atoms with Gasteiger partial charge in [0.15, 0.2) is 0 Å². The van der Waals surface area contributed by atoms with Gasteiger partial charge >= 0.3 is 0 Å². The van der Waals surface area contributed by atoms with Crippen molar-refractivity contribution in [2.75, 3.05) is 19.7 Å². The Morgan fingerprint density at radius 3 is 2.72 bits per heavy atom. The number of aromatic nitrogens is 3. The molecule has 5 rings (SSSR count). The highest BCUT2D eigenvalue weighted by molar-refractivity contribution is 6.30. The van der Waals surface area contributed by atoms with Crippen LogP contribution in [0.2, 0.25) is 5.02 Å². The zero-order valence-corrected chi connectivity index (χ0v) is 19.0. The van der Waals surface area contributed by atoms with Crippen LogP contribution in [-0.2, 0) is 24.2 Å². The second-order valence-electron chi connectivity index (χ2n) is 8.64. The van der Waals surface area contributed by atoms with Gasteiger partial charge in [-0.05, 0) is 43.0 Å². The molecular formula is C25H29ClN4O2. The number of benzene rings is 1. The van der Waals surface area contributed by atoms with Gasteiger partial charge in [0.2, 0.25) is 5.88 Å². The molecule has 0 unspecified atom stereocenters. The zero-order valence-electron chi connectivity index (χ0n) is 18.2. The Bertz CT molecular complexity index is 1030. The van der Waals surface area contributed by atoms with E-state index >= 15 is 0 Å². The molecule has 32 heavy (non-hydrogen) atoms. The molecule has 1 atom stereocenters. The van der Waals surface area contributed by atoms with E-state index in [2.05, 4.69) is 26.7 Å². The number of likely N-dealkylation sites (tertiary alicyclic amines) is 1. The molecule has 0 spiro atoms. The maximum Gasteiger partial charge on any atom is 0.213 e. The molecule has 3 aromatic rings. The second kappa shape index (κ2) is 10.0. The summed E-state index contributed by atoms with van der Waals surface area (Å²) < 4.78 is 14.1. The van der Waals surface area contributed by atoms with Crippen molar-refractivity contribution in [2.45, 2.75) is 51.0 Å². The quantitative estimate of drug-likeness (QED) is 0.508. The van der Waals surface area contributed by atoms with Gasteiger partial charge in [0, 0.05) is 55.3 Å². The summed E-state index contributed by atoms with van der Waals surface area (Å²) in [5.41, 5.74) is 2.14. The molecule has 0 bridgehead atoms. The van der Waals surface area contributed by atoms with Gasteiger partial charge in [-0.1, -0.05) is 29.8 Å². The lowest BCUT2D eigenvalue weighted by atomic mass is 10.1. The van der Waals surface area contributed by atoms with Gasteiger partial charge in [-0.3, -0.25) is 4.90 Å².